The molecule has 0 radical (unpaired) electrons. The molecule has 0 atom stereocenters. The smallest absolute Gasteiger partial charge is 0.245 e. The molecule has 21 heavy (non-hydrogen) atoms. The van der Waals surface area contributed by atoms with Crippen LogP contribution in [0.2, 0.25) is 0 Å². The molecule has 1 aromatic heterocycles. The first-order valence-corrected chi connectivity index (χ1v) is 9.86. The number of likely N-dealkylation sites (N-methyl/N-ethyl adjacent to an activating group) is 1. The fourth-order valence-electron chi connectivity index (χ4n) is 1.84. The SMILES string of the molecule is CC(C)CN(CCN(C)C)S(=O)(=O)c1cc(CN)sc1Br. The van der Waals surface area contributed by atoms with Crippen molar-refractivity contribution in [3.63, 3.8) is 0 Å². The Kier molecular flexibility index (Phi) is 7.29. The summed E-state index contributed by atoms with van der Waals surface area (Å²) in [6, 6.07) is 1.67. The fraction of sp³-hybridized carbons (Fsp3) is 0.692. The third-order valence-corrected chi connectivity index (χ3v) is 7.03. The maximum Gasteiger partial charge on any atom is 0.245 e. The summed E-state index contributed by atoms with van der Waals surface area (Å²) in [7, 11) is 0.378. The molecule has 2 N–H and O–H groups in total. The molecule has 5 nitrogen and oxygen atoms in total. The van der Waals surface area contributed by atoms with Crippen LogP contribution in [0.5, 0.6) is 0 Å². The summed E-state index contributed by atoms with van der Waals surface area (Å²) in [4.78, 5) is 3.17. The van der Waals surface area contributed by atoms with Crippen LogP contribution in [0.3, 0.4) is 0 Å². The Balaban J connectivity index is 3.09. The second kappa shape index (κ2) is 8.03. The Bertz CT molecular complexity index is 556. The van der Waals surface area contributed by atoms with Crippen LogP contribution in [-0.2, 0) is 16.6 Å². The van der Waals surface area contributed by atoms with Crippen molar-refractivity contribution in [2.75, 3.05) is 33.7 Å². The standard InChI is InChI=1S/C13H24BrN3O2S2/c1-10(2)9-17(6-5-16(3)4)21(18,19)12-7-11(8-15)20-13(12)14/h7,10H,5-6,8-9,15H2,1-4H3. The van der Waals surface area contributed by atoms with E-state index in [1.54, 1.807) is 10.4 Å². The summed E-state index contributed by atoms with van der Waals surface area (Å²) in [5, 5.41) is 0. The van der Waals surface area contributed by atoms with Gasteiger partial charge in [-0.1, -0.05) is 13.8 Å². The van der Waals surface area contributed by atoms with E-state index in [1.807, 2.05) is 32.8 Å². The first kappa shape index (κ1) is 19.1. The molecule has 0 amide bonds. The molecule has 0 saturated heterocycles. The molecule has 0 spiro atoms. The van der Waals surface area contributed by atoms with Gasteiger partial charge < -0.3 is 10.6 Å². The molecule has 0 saturated carbocycles. The zero-order valence-electron chi connectivity index (χ0n) is 13.0. The second-order valence-electron chi connectivity index (χ2n) is 5.61. The number of hydrogen-bond donors (Lipinski definition) is 1. The Morgan fingerprint density at radius 3 is 2.38 bits per heavy atom. The number of rotatable bonds is 8. The highest BCUT2D eigenvalue weighted by atomic mass is 79.9. The largest absolute Gasteiger partial charge is 0.326 e. The van der Waals surface area contributed by atoms with Gasteiger partial charge in [0, 0.05) is 31.1 Å². The molecule has 1 rings (SSSR count). The predicted molar refractivity (Wildman–Crippen MR) is 92.1 cm³/mol. The van der Waals surface area contributed by atoms with Gasteiger partial charge in [0.15, 0.2) is 0 Å². The quantitative estimate of drug-likeness (QED) is 0.729. The van der Waals surface area contributed by atoms with Crippen LogP contribution in [0.1, 0.15) is 18.7 Å². The molecule has 0 aromatic carbocycles. The Morgan fingerprint density at radius 2 is 1.95 bits per heavy atom. The average Bonchev–Trinajstić information content (AvgIpc) is 2.75. The number of sulfonamides is 1. The zero-order chi connectivity index (χ0) is 16.2. The molecule has 0 fully saturated rings. The van der Waals surface area contributed by atoms with Gasteiger partial charge in [-0.3, -0.25) is 0 Å². The van der Waals surface area contributed by atoms with Crippen LogP contribution in [0.4, 0.5) is 0 Å². The van der Waals surface area contributed by atoms with E-state index < -0.39 is 10.0 Å². The van der Waals surface area contributed by atoms with Crippen LogP contribution in [0.25, 0.3) is 0 Å². The number of nitrogens with two attached hydrogens (primary N) is 1. The molecular formula is C13H24BrN3O2S2. The van der Waals surface area contributed by atoms with Gasteiger partial charge in [0.05, 0.1) is 3.79 Å². The monoisotopic (exact) mass is 397 g/mol. The number of nitrogens with zero attached hydrogens (tertiary/aromatic N) is 2. The lowest BCUT2D eigenvalue weighted by Crippen LogP contribution is -2.38. The lowest BCUT2D eigenvalue weighted by molar-refractivity contribution is 0.312. The molecule has 0 aliphatic heterocycles. The maximum absolute atomic E-state index is 12.9. The topological polar surface area (TPSA) is 66.6 Å². The third-order valence-electron chi connectivity index (χ3n) is 2.89. The minimum atomic E-state index is -3.50. The van der Waals surface area contributed by atoms with Gasteiger partial charge in [-0.05, 0) is 42.0 Å². The fourth-order valence-corrected chi connectivity index (χ4v) is 5.95. The van der Waals surface area contributed by atoms with Crippen molar-refractivity contribution in [3.05, 3.63) is 14.7 Å². The second-order valence-corrected chi connectivity index (χ2v) is 9.98. The van der Waals surface area contributed by atoms with E-state index in [2.05, 4.69) is 15.9 Å². The highest BCUT2D eigenvalue weighted by Crippen LogP contribution is 2.33. The molecule has 8 heteroatoms. The molecular weight excluding hydrogens is 374 g/mol. The first-order chi connectivity index (χ1) is 9.68. The van der Waals surface area contributed by atoms with E-state index in [0.717, 1.165) is 4.88 Å². The van der Waals surface area contributed by atoms with Gasteiger partial charge >= 0.3 is 0 Å². The molecule has 0 aliphatic rings. The van der Waals surface area contributed by atoms with Gasteiger partial charge in [0.2, 0.25) is 10.0 Å². The first-order valence-electron chi connectivity index (χ1n) is 6.81. The van der Waals surface area contributed by atoms with Crippen molar-refractivity contribution >= 4 is 37.3 Å². The van der Waals surface area contributed by atoms with Gasteiger partial charge in [0.1, 0.15) is 4.90 Å². The molecule has 0 unspecified atom stereocenters. The Hall–Kier alpha value is 0.01000. The van der Waals surface area contributed by atoms with E-state index in [1.165, 1.54) is 11.3 Å². The molecule has 1 heterocycles. The number of halogens is 1. The highest BCUT2D eigenvalue weighted by Gasteiger charge is 2.28. The van der Waals surface area contributed by atoms with Crippen LogP contribution in [-0.4, -0.2) is 51.4 Å². The summed E-state index contributed by atoms with van der Waals surface area (Å²) in [6.45, 7) is 6.07. The summed E-state index contributed by atoms with van der Waals surface area (Å²) in [5.41, 5.74) is 5.61. The predicted octanol–water partition coefficient (Wildman–Crippen LogP) is 2.18. The summed E-state index contributed by atoms with van der Waals surface area (Å²) >= 11 is 4.73. The summed E-state index contributed by atoms with van der Waals surface area (Å²) < 4.78 is 27.9. The van der Waals surface area contributed by atoms with Crippen molar-refractivity contribution in [1.82, 2.24) is 9.21 Å². The van der Waals surface area contributed by atoms with Crippen LogP contribution < -0.4 is 5.73 Å². The van der Waals surface area contributed by atoms with E-state index in [9.17, 15) is 8.42 Å². The van der Waals surface area contributed by atoms with Crippen molar-refractivity contribution < 1.29 is 8.42 Å². The van der Waals surface area contributed by atoms with Crippen LogP contribution >= 0.6 is 27.3 Å². The van der Waals surface area contributed by atoms with Crippen LogP contribution in [0, 0.1) is 5.92 Å². The molecule has 0 aliphatic carbocycles. The number of hydrogen-bond acceptors (Lipinski definition) is 5. The van der Waals surface area contributed by atoms with Gasteiger partial charge in [-0.25, -0.2) is 8.42 Å². The summed E-state index contributed by atoms with van der Waals surface area (Å²) in [5.74, 6) is 0.272. The van der Waals surface area contributed by atoms with E-state index in [0.29, 0.717) is 34.9 Å². The van der Waals surface area contributed by atoms with Gasteiger partial charge in [0.25, 0.3) is 0 Å². The number of thiophene rings is 1. The minimum absolute atomic E-state index is 0.272. The maximum atomic E-state index is 12.9. The van der Waals surface area contributed by atoms with Crippen molar-refractivity contribution in [2.24, 2.45) is 11.7 Å². The Morgan fingerprint density at radius 1 is 1.33 bits per heavy atom. The van der Waals surface area contributed by atoms with E-state index in [-0.39, 0.29) is 5.92 Å². The molecule has 122 valence electrons. The third kappa shape index (κ3) is 5.30. The van der Waals surface area contributed by atoms with Gasteiger partial charge in [-0.15, -0.1) is 11.3 Å². The lowest BCUT2D eigenvalue weighted by Gasteiger charge is -2.25. The highest BCUT2D eigenvalue weighted by molar-refractivity contribution is 9.11. The van der Waals surface area contributed by atoms with E-state index in [4.69, 9.17) is 5.73 Å². The normalized spacial score (nSPS) is 12.8. The van der Waals surface area contributed by atoms with E-state index >= 15 is 0 Å². The van der Waals surface area contributed by atoms with Crippen molar-refractivity contribution in [2.45, 2.75) is 25.3 Å². The summed E-state index contributed by atoms with van der Waals surface area (Å²) in [6.07, 6.45) is 0. The van der Waals surface area contributed by atoms with Crippen molar-refractivity contribution in [3.8, 4) is 0 Å². The Labute approximate surface area is 140 Å². The molecule has 0 bridgehead atoms. The minimum Gasteiger partial charge on any atom is -0.326 e. The lowest BCUT2D eigenvalue weighted by atomic mass is 10.2. The van der Waals surface area contributed by atoms with Gasteiger partial charge in [-0.2, -0.15) is 4.31 Å². The molecule has 1 aromatic rings. The van der Waals surface area contributed by atoms with Crippen LogP contribution in [0.15, 0.2) is 14.7 Å². The zero-order valence-corrected chi connectivity index (χ0v) is 16.2. The average molecular weight is 398 g/mol. The van der Waals surface area contributed by atoms with Crippen molar-refractivity contribution in [1.29, 1.82) is 0 Å².